The predicted molar refractivity (Wildman–Crippen MR) is 75.1 cm³/mol. The lowest BCUT2D eigenvalue weighted by Crippen LogP contribution is -2.03. The molecule has 0 unspecified atom stereocenters. The number of nitriles is 1. The number of aliphatic hydroxyl groups excluding tert-OH is 1. The van der Waals surface area contributed by atoms with Crippen molar-refractivity contribution >= 4 is 0 Å². The van der Waals surface area contributed by atoms with E-state index in [1.54, 1.807) is 19.2 Å². The maximum absolute atomic E-state index is 9.75. The Labute approximate surface area is 118 Å². The fourth-order valence-electron chi connectivity index (χ4n) is 1.92. The van der Waals surface area contributed by atoms with E-state index in [4.69, 9.17) is 10.00 Å². The third kappa shape index (κ3) is 3.14. The molecule has 0 spiro atoms. The van der Waals surface area contributed by atoms with E-state index >= 15 is 0 Å². The van der Waals surface area contributed by atoms with Gasteiger partial charge in [-0.1, -0.05) is 18.2 Å². The quantitative estimate of drug-likeness (QED) is 0.925. The van der Waals surface area contributed by atoms with Crippen LogP contribution in [0.15, 0.2) is 36.5 Å². The lowest BCUT2D eigenvalue weighted by molar-refractivity contribution is 0.190. The minimum Gasteiger partial charge on any atom is -0.488 e. The number of aromatic nitrogens is 1. The number of ether oxygens (including phenoxy) is 1. The van der Waals surface area contributed by atoms with Crippen molar-refractivity contribution in [3.05, 3.63) is 58.9 Å². The van der Waals surface area contributed by atoms with E-state index in [9.17, 15) is 5.11 Å². The van der Waals surface area contributed by atoms with E-state index in [-0.39, 0.29) is 6.61 Å². The summed E-state index contributed by atoms with van der Waals surface area (Å²) < 4.78 is 5.76. The first-order valence-electron chi connectivity index (χ1n) is 6.37. The first kappa shape index (κ1) is 14.0. The van der Waals surface area contributed by atoms with Gasteiger partial charge >= 0.3 is 0 Å². The lowest BCUT2D eigenvalue weighted by atomic mass is 10.1. The van der Waals surface area contributed by atoms with Gasteiger partial charge in [0.1, 0.15) is 24.1 Å². The normalized spacial score (nSPS) is 11.7. The molecule has 4 nitrogen and oxygen atoms in total. The standard InChI is InChI=1S/C16H16N2O2/c1-11-5-6-14(12(2)19)16(8-11)20-10-13-4-3-7-18-15(13)9-17/h3-8,12,19H,10H2,1-2H3/t12-/m0/s1. The molecular formula is C16H16N2O2. The van der Waals surface area contributed by atoms with Crippen molar-refractivity contribution in [3.63, 3.8) is 0 Å². The largest absolute Gasteiger partial charge is 0.488 e. The molecule has 0 saturated heterocycles. The van der Waals surface area contributed by atoms with Crippen molar-refractivity contribution in [2.75, 3.05) is 0 Å². The average molecular weight is 268 g/mol. The molecule has 0 aliphatic carbocycles. The summed E-state index contributed by atoms with van der Waals surface area (Å²) in [5.74, 6) is 0.632. The summed E-state index contributed by atoms with van der Waals surface area (Å²) in [7, 11) is 0. The Morgan fingerprint density at radius 2 is 2.20 bits per heavy atom. The highest BCUT2D eigenvalue weighted by Gasteiger charge is 2.10. The summed E-state index contributed by atoms with van der Waals surface area (Å²) >= 11 is 0. The van der Waals surface area contributed by atoms with Gasteiger partial charge in [-0.2, -0.15) is 5.26 Å². The summed E-state index contributed by atoms with van der Waals surface area (Å²) in [5, 5.41) is 18.7. The second-order valence-corrected chi connectivity index (χ2v) is 4.63. The predicted octanol–water partition coefficient (Wildman–Crippen LogP) is 2.89. The van der Waals surface area contributed by atoms with Crippen LogP contribution in [0.5, 0.6) is 5.75 Å². The number of hydrogen-bond donors (Lipinski definition) is 1. The smallest absolute Gasteiger partial charge is 0.147 e. The molecule has 0 radical (unpaired) electrons. The van der Waals surface area contributed by atoms with Crippen LogP contribution in [0, 0.1) is 18.3 Å². The van der Waals surface area contributed by atoms with Crippen LogP contribution in [0.3, 0.4) is 0 Å². The first-order chi connectivity index (χ1) is 9.61. The van der Waals surface area contributed by atoms with Gasteiger partial charge in [-0.05, 0) is 31.5 Å². The molecule has 0 aliphatic rings. The number of hydrogen-bond acceptors (Lipinski definition) is 4. The fourth-order valence-corrected chi connectivity index (χ4v) is 1.92. The molecule has 1 aromatic carbocycles. The van der Waals surface area contributed by atoms with E-state index in [0.29, 0.717) is 11.4 Å². The van der Waals surface area contributed by atoms with Crippen LogP contribution in [0.25, 0.3) is 0 Å². The highest BCUT2D eigenvalue weighted by Crippen LogP contribution is 2.27. The SMILES string of the molecule is Cc1ccc([C@H](C)O)c(OCc2cccnc2C#N)c1. The molecule has 102 valence electrons. The van der Waals surface area contributed by atoms with Gasteiger partial charge < -0.3 is 9.84 Å². The van der Waals surface area contributed by atoms with E-state index in [0.717, 1.165) is 16.7 Å². The molecule has 2 rings (SSSR count). The maximum Gasteiger partial charge on any atom is 0.147 e. The summed E-state index contributed by atoms with van der Waals surface area (Å²) in [6.45, 7) is 3.91. The Hall–Kier alpha value is -2.38. The van der Waals surface area contributed by atoms with Crippen molar-refractivity contribution in [2.24, 2.45) is 0 Å². The number of aliphatic hydroxyl groups is 1. The average Bonchev–Trinajstić information content (AvgIpc) is 2.45. The molecule has 2 aromatic rings. The van der Waals surface area contributed by atoms with E-state index in [1.807, 2.05) is 37.3 Å². The van der Waals surface area contributed by atoms with Crippen LogP contribution in [0.4, 0.5) is 0 Å². The van der Waals surface area contributed by atoms with Gasteiger partial charge in [0.2, 0.25) is 0 Å². The summed E-state index contributed by atoms with van der Waals surface area (Å²) in [6, 6.07) is 11.3. The van der Waals surface area contributed by atoms with Gasteiger partial charge in [-0.25, -0.2) is 4.98 Å². The number of pyridine rings is 1. The first-order valence-corrected chi connectivity index (χ1v) is 6.37. The third-order valence-corrected chi connectivity index (χ3v) is 3.00. The van der Waals surface area contributed by atoms with Crippen LogP contribution >= 0.6 is 0 Å². The molecule has 0 bridgehead atoms. The van der Waals surface area contributed by atoms with Gasteiger partial charge in [-0.3, -0.25) is 0 Å². The van der Waals surface area contributed by atoms with Gasteiger partial charge in [-0.15, -0.1) is 0 Å². The molecule has 4 heteroatoms. The van der Waals surface area contributed by atoms with Crippen molar-refractivity contribution in [3.8, 4) is 11.8 Å². The Balaban J connectivity index is 2.23. The molecule has 0 fully saturated rings. The molecular weight excluding hydrogens is 252 g/mol. The van der Waals surface area contributed by atoms with Crippen LogP contribution < -0.4 is 4.74 Å². The van der Waals surface area contributed by atoms with Gasteiger partial charge in [0.15, 0.2) is 0 Å². The molecule has 1 heterocycles. The third-order valence-electron chi connectivity index (χ3n) is 3.00. The number of rotatable bonds is 4. The Kier molecular flexibility index (Phi) is 4.34. The van der Waals surface area contributed by atoms with E-state index in [2.05, 4.69) is 4.98 Å². The van der Waals surface area contributed by atoms with Crippen molar-refractivity contribution in [1.29, 1.82) is 5.26 Å². The minimum absolute atomic E-state index is 0.250. The zero-order valence-corrected chi connectivity index (χ0v) is 11.5. The van der Waals surface area contributed by atoms with Crippen LogP contribution in [0.2, 0.25) is 0 Å². The highest BCUT2D eigenvalue weighted by atomic mass is 16.5. The van der Waals surface area contributed by atoms with Crippen molar-refractivity contribution in [1.82, 2.24) is 4.98 Å². The van der Waals surface area contributed by atoms with Crippen LogP contribution in [0.1, 0.15) is 35.4 Å². The molecule has 1 N–H and O–H groups in total. The van der Waals surface area contributed by atoms with E-state index < -0.39 is 6.10 Å². The molecule has 0 saturated carbocycles. The molecule has 20 heavy (non-hydrogen) atoms. The van der Waals surface area contributed by atoms with Crippen LogP contribution in [-0.2, 0) is 6.61 Å². The summed E-state index contributed by atoms with van der Waals surface area (Å²) in [6.07, 6.45) is 0.977. The Morgan fingerprint density at radius 3 is 2.90 bits per heavy atom. The molecule has 1 aromatic heterocycles. The Morgan fingerprint density at radius 1 is 1.40 bits per heavy atom. The molecule has 0 amide bonds. The van der Waals surface area contributed by atoms with Gasteiger partial charge in [0, 0.05) is 17.3 Å². The minimum atomic E-state index is -0.602. The second-order valence-electron chi connectivity index (χ2n) is 4.63. The van der Waals surface area contributed by atoms with Gasteiger partial charge in [0.05, 0.1) is 6.10 Å². The maximum atomic E-state index is 9.75. The van der Waals surface area contributed by atoms with Gasteiger partial charge in [0.25, 0.3) is 0 Å². The zero-order valence-electron chi connectivity index (χ0n) is 11.5. The topological polar surface area (TPSA) is 66.1 Å². The highest BCUT2D eigenvalue weighted by molar-refractivity contribution is 5.39. The summed E-state index contributed by atoms with van der Waals surface area (Å²) in [4.78, 5) is 3.99. The number of benzene rings is 1. The fraction of sp³-hybridized carbons (Fsp3) is 0.250. The van der Waals surface area contributed by atoms with Crippen LogP contribution in [-0.4, -0.2) is 10.1 Å². The number of aryl methyl sites for hydroxylation is 1. The number of nitrogens with zero attached hydrogens (tertiary/aromatic N) is 2. The molecule has 0 aliphatic heterocycles. The summed E-state index contributed by atoms with van der Waals surface area (Å²) in [5.41, 5.74) is 2.88. The Bertz CT molecular complexity index is 645. The lowest BCUT2D eigenvalue weighted by Gasteiger charge is -2.14. The van der Waals surface area contributed by atoms with Crippen molar-refractivity contribution in [2.45, 2.75) is 26.6 Å². The van der Waals surface area contributed by atoms with Crippen molar-refractivity contribution < 1.29 is 9.84 Å². The molecule has 1 atom stereocenters. The monoisotopic (exact) mass is 268 g/mol. The zero-order chi connectivity index (χ0) is 14.5. The second kappa shape index (κ2) is 6.18. The van der Waals surface area contributed by atoms with E-state index in [1.165, 1.54) is 0 Å².